The molecule has 0 saturated carbocycles. The van der Waals surface area contributed by atoms with Crippen LogP contribution in [0.2, 0.25) is 0 Å². The normalized spacial score (nSPS) is 27.3. The summed E-state index contributed by atoms with van der Waals surface area (Å²) in [6.45, 7) is 3.10. The van der Waals surface area contributed by atoms with Gasteiger partial charge >= 0.3 is 0 Å². The number of amides is 1. The number of benzene rings is 1. The fraction of sp³-hybridized carbons (Fsp3) is 0.588. The molecule has 2 heterocycles. The summed E-state index contributed by atoms with van der Waals surface area (Å²) < 4.78 is 0. The Morgan fingerprint density at radius 1 is 1.19 bits per heavy atom. The number of piperidine rings is 1. The van der Waals surface area contributed by atoms with Crippen LogP contribution in [0.25, 0.3) is 0 Å². The monoisotopic (exact) mass is 304 g/mol. The second-order valence-corrected chi connectivity index (χ2v) is 7.28. The van der Waals surface area contributed by atoms with Crippen molar-refractivity contribution >= 4 is 17.7 Å². The maximum absolute atomic E-state index is 12.3. The number of carbonyl (C=O) groups is 1. The summed E-state index contributed by atoms with van der Waals surface area (Å²) in [6.07, 6.45) is 3.42. The van der Waals surface area contributed by atoms with Gasteiger partial charge in [0.25, 0.3) is 0 Å². The number of thioether (sulfide) groups is 1. The smallest absolute Gasteiger partial charge is 0.239 e. The number of likely N-dealkylation sites (tertiary alicyclic amines) is 2. The lowest BCUT2D eigenvalue weighted by Crippen LogP contribution is -2.50. The number of hydrogen-bond donors (Lipinski definition) is 0. The molecule has 0 aliphatic carbocycles. The van der Waals surface area contributed by atoms with E-state index in [1.165, 1.54) is 11.3 Å². The highest BCUT2D eigenvalue weighted by Gasteiger charge is 2.35. The molecule has 2 saturated heterocycles. The van der Waals surface area contributed by atoms with Crippen LogP contribution >= 0.6 is 11.8 Å². The zero-order chi connectivity index (χ0) is 14.7. The molecular formula is C17H24N2OS. The highest BCUT2D eigenvalue weighted by atomic mass is 32.2. The average Bonchev–Trinajstić information content (AvgIpc) is 2.98. The highest BCUT2D eigenvalue weighted by molar-refractivity contribution is 7.99. The Labute approximate surface area is 131 Å². The largest absolute Gasteiger partial charge is 0.344 e. The molecule has 0 N–H and O–H groups in total. The van der Waals surface area contributed by atoms with Gasteiger partial charge in [0.15, 0.2) is 0 Å². The van der Waals surface area contributed by atoms with E-state index in [1.807, 2.05) is 23.7 Å². The molecule has 1 aromatic rings. The Bertz CT molecular complexity index is 479. The van der Waals surface area contributed by atoms with Gasteiger partial charge in [-0.2, -0.15) is 0 Å². The summed E-state index contributed by atoms with van der Waals surface area (Å²) in [5.41, 5.74) is 0. The van der Waals surface area contributed by atoms with Crippen LogP contribution in [0.4, 0.5) is 0 Å². The van der Waals surface area contributed by atoms with Crippen molar-refractivity contribution in [3.8, 4) is 0 Å². The Balaban J connectivity index is 1.50. The van der Waals surface area contributed by atoms with Crippen LogP contribution in [0.15, 0.2) is 35.2 Å². The topological polar surface area (TPSA) is 23.6 Å². The van der Waals surface area contributed by atoms with Crippen LogP contribution in [0.1, 0.15) is 19.3 Å². The maximum Gasteiger partial charge on any atom is 0.239 e. The van der Waals surface area contributed by atoms with Crippen molar-refractivity contribution in [1.29, 1.82) is 0 Å². The molecule has 0 radical (unpaired) electrons. The molecule has 21 heavy (non-hydrogen) atoms. The molecule has 3 rings (SSSR count). The van der Waals surface area contributed by atoms with Gasteiger partial charge in [0, 0.05) is 30.8 Å². The van der Waals surface area contributed by atoms with E-state index in [0.29, 0.717) is 5.91 Å². The minimum atomic E-state index is 0.149. The van der Waals surface area contributed by atoms with E-state index in [4.69, 9.17) is 0 Å². The van der Waals surface area contributed by atoms with E-state index in [9.17, 15) is 4.79 Å². The molecular weight excluding hydrogens is 280 g/mol. The summed E-state index contributed by atoms with van der Waals surface area (Å²) in [5, 5.41) is 0. The Morgan fingerprint density at radius 3 is 2.81 bits per heavy atom. The van der Waals surface area contributed by atoms with Crippen molar-refractivity contribution in [3.63, 3.8) is 0 Å². The zero-order valence-electron chi connectivity index (χ0n) is 12.7. The maximum atomic E-state index is 12.3. The second-order valence-electron chi connectivity index (χ2n) is 6.19. The third-order valence-electron chi connectivity index (χ3n) is 4.62. The Hall–Kier alpha value is -1.00. The molecule has 0 unspecified atom stereocenters. The first-order chi connectivity index (χ1) is 10.2. The van der Waals surface area contributed by atoms with Gasteiger partial charge < -0.3 is 4.90 Å². The molecule has 0 spiro atoms. The number of nitrogens with zero attached hydrogens (tertiary/aromatic N) is 2. The van der Waals surface area contributed by atoms with Gasteiger partial charge in [-0.3, -0.25) is 9.69 Å². The third-order valence-corrected chi connectivity index (χ3v) is 5.86. The van der Waals surface area contributed by atoms with Crippen molar-refractivity contribution < 1.29 is 4.79 Å². The lowest BCUT2D eigenvalue weighted by atomic mass is 10.0. The fourth-order valence-electron chi connectivity index (χ4n) is 3.36. The number of rotatable bonds is 4. The van der Waals surface area contributed by atoms with E-state index in [2.05, 4.69) is 35.2 Å². The third kappa shape index (κ3) is 3.61. The minimum Gasteiger partial charge on any atom is -0.344 e. The zero-order valence-corrected chi connectivity index (χ0v) is 13.5. The van der Waals surface area contributed by atoms with Crippen LogP contribution in [0.5, 0.6) is 0 Å². The fourth-order valence-corrected chi connectivity index (χ4v) is 4.41. The summed E-state index contributed by atoms with van der Waals surface area (Å²) >= 11 is 1.95. The molecule has 3 nitrogen and oxygen atoms in total. The van der Waals surface area contributed by atoms with Gasteiger partial charge in [-0.25, -0.2) is 0 Å². The van der Waals surface area contributed by atoms with Gasteiger partial charge in [0.2, 0.25) is 5.91 Å². The molecule has 2 aliphatic heterocycles. The van der Waals surface area contributed by atoms with Crippen molar-refractivity contribution in [2.75, 3.05) is 32.4 Å². The molecule has 1 amide bonds. The molecule has 4 heteroatoms. The van der Waals surface area contributed by atoms with Crippen molar-refractivity contribution in [3.05, 3.63) is 30.3 Å². The van der Waals surface area contributed by atoms with Gasteiger partial charge in [0.1, 0.15) is 0 Å². The van der Waals surface area contributed by atoms with Gasteiger partial charge in [-0.15, -0.1) is 11.8 Å². The highest BCUT2D eigenvalue weighted by Crippen LogP contribution is 2.28. The van der Waals surface area contributed by atoms with E-state index in [1.54, 1.807) is 0 Å². The summed E-state index contributed by atoms with van der Waals surface area (Å²) in [5.74, 6) is 2.21. The molecule has 1 aromatic carbocycles. The average molecular weight is 304 g/mol. The van der Waals surface area contributed by atoms with Crippen LogP contribution in [0, 0.1) is 5.92 Å². The minimum absolute atomic E-state index is 0.149. The predicted octanol–water partition coefficient (Wildman–Crippen LogP) is 2.72. The summed E-state index contributed by atoms with van der Waals surface area (Å²) in [6, 6.07) is 10.8. The molecule has 2 fully saturated rings. The molecule has 0 bridgehead atoms. The number of carbonyl (C=O) groups excluding carboxylic acids is 1. The Morgan fingerprint density at radius 2 is 2.00 bits per heavy atom. The lowest BCUT2D eigenvalue weighted by Gasteiger charge is -2.34. The molecule has 2 aliphatic rings. The van der Waals surface area contributed by atoms with Crippen LogP contribution in [-0.4, -0.2) is 54.2 Å². The number of likely N-dealkylation sites (N-methyl/N-ethyl adjacent to an activating group) is 1. The SMILES string of the molecule is CN1CCC[C@H](N2CC[C@H](CSc3ccccc3)C2)C1=O. The van der Waals surface area contributed by atoms with Crippen molar-refractivity contribution in [2.45, 2.75) is 30.2 Å². The van der Waals surface area contributed by atoms with Crippen molar-refractivity contribution in [1.82, 2.24) is 9.80 Å². The van der Waals surface area contributed by atoms with Gasteiger partial charge in [-0.05, 0) is 43.9 Å². The molecule has 2 atom stereocenters. The van der Waals surface area contributed by atoms with Crippen LogP contribution in [-0.2, 0) is 4.79 Å². The van der Waals surface area contributed by atoms with Gasteiger partial charge in [-0.1, -0.05) is 18.2 Å². The lowest BCUT2D eigenvalue weighted by molar-refractivity contribution is -0.138. The van der Waals surface area contributed by atoms with E-state index >= 15 is 0 Å². The van der Waals surface area contributed by atoms with E-state index in [-0.39, 0.29) is 6.04 Å². The first-order valence-electron chi connectivity index (χ1n) is 7.91. The standard InChI is InChI=1S/C17H24N2OS/c1-18-10-5-8-16(17(18)20)19-11-9-14(12-19)13-21-15-6-3-2-4-7-15/h2-4,6-7,14,16H,5,8-13H2,1H3/t14-,16-/m0/s1. The molecule has 0 aromatic heterocycles. The first-order valence-corrected chi connectivity index (χ1v) is 8.89. The van der Waals surface area contributed by atoms with Crippen LogP contribution < -0.4 is 0 Å². The van der Waals surface area contributed by atoms with Gasteiger partial charge in [0.05, 0.1) is 6.04 Å². The molecule has 114 valence electrons. The summed E-state index contributed by atoms with van der Waals surface area (Å²) in [7, 11) is 1.94. The number of hydrogen-bond acceptors (Lipinski definition) is 3. The summed E-state index contributed by atoms with van der Waals surface area (Å²) in [4.78, 5) is 18.0. The van der Waals surface area contributed by atoms with E-state index in [0.717, 1.165) is 44.1 Å². The second kappa shape index (κ2) is 6.84. The van der Waals surface area contributed by atoms with E-state index < -0.39 is 0 Å². The van der Waals surface area contributed by atoms with Crippen LogP contribution in [0.3, 0.4) is 0 Å². The predicted molar refractivity (Wildman–Crippen MR) is 87.5 cm³/mol. The quantitative estimate of drug-likeness (QED) is 0.799. The first kappa shape index (κ1) is 14.9. The Kier molecular flexibility index (Phi) is 4.86. The van der Waals surface area contributed by atoms with Crippen molar-refractivity contribution in [2.24, 2.45) is 5.92 Å².